The maximum absolute atomic E-state index is 13.1. The molecule has 1 saturated heterocycles. The van der Waals surface area contributed by atoms with Gasteiger partial charge in [0.25, 0.3) is 11.8 Å². The minimum Gasteiger partial charge on any atom is -0.489 e. The van der Waals surface area contributed by atoms with E-state index in [0.29, 0.717) is 56.4 Å². The second kappa shape index (κ2) is 11.0. The number of nitrogens with zero attached hydrogens (tertiary/aromatic N) is 3. The van der Waals surface area contributed by atoms with Crippen molar-refractivity contribution in [3.05, 3.63) is 77.1 Å². The van der Waals surface area contributed by atoms with Gasteiger partial charge in [0.05, 0.1) is 25.1 Å². The van der Waals surface area contributed by atoms with Gasteiger partial charge in [-0.2, -0.15) is 5.10 Å². The summed E-state index contributed by atoms with van der Waals surface area (Å²) in [5.74, 6) is 0.320. The number of nitrogens with one attached hydrogen (secondary N) is 1. The number of aromatic nitrogens is 2. The average Bonchev–Trinajstić information content (AvgIpc) is 3.30. The van der Waals surface area contributed by atoms with Gasteiger partial charge in [-0.3, -0.25) is 14.3 Å². The molecular weight excluding hydrogens is 432 g/mol. The fourth-order valence-electron chi connectivity index (χ4n) is 3.84. The lowest BCUT2D eigenvalue weighted by molar-refractivity contribution is 0.0295. The van der Waals surface area contributed by atoms with Crippen LogP contribution in [-0.4, -0.2) is 52.8 Å². The van der Waals surface area contributed by atoms with E-state index < -0.39 is 0 Å². The largest absolute Gasteiger partial charge is 0.489 e. The number of benzene rings is 2. The molecule has 1 aromatic heterocycles. The molecule has 0 bridgehead atoms. The number of hydrogen-bond donors (Lipinski definition) is 1. The third-order valence-electron chi connectivity index (χ3n) is 5.81. The Labute approximate surface area is 199 Å². The molecule has 1 aliphatic heterocycles. The van der Waals surface area contributed by atoms with Crippen LogP contribution in [0.25, 0.3) is 0 Å². The van der Waals surface area contributed by atoms with Gasteiger partial charge < -0.3 is 19.7 Å². The summed E-state index contributed by atoms with van der Waals surface area (Å²) in [5.41, 5.74) is 3.40. The lowest BCUT2D eigenvalue weighted by Gasteiger charge is -2.27. The Bertz CT molecular complexity index is 1130. The van der Waals surface area contributed by atoms with Crippen molar-refractivity contribution in [1.82, 2.24) is 14.7 Å². The molecule has 0 unspecified atom stereocenters. The van der Waals surface area contributed by atoms with Gasteiger partial charge in [0, 0.05) is 25.2 Å². The fraction of sp³-hybridized carbons (Fsp3) is 0.346. The molecule has 1 N–H and O–H groups in total. The topological polar surface area (TPSA) is 85.7 Å². The van der Waals surface area contributed by atoms with Crippen molar-refractivity contribution in [3.8, 4) is 5.75 Å². The van der Waals surface area contributed by atoms with Crippen molar-refractivity contribution in [2.45, 2.75) is 33.4 Å². The van der Waals surface area contributed by atoms with E-state index in [1.54, 1.807) is 21.7 Å². The summed E-state index contributed by atoms with van der Waals surface area (Å²) < 4.78 is 12.8. The third-order valence-corrected chi connectivity index (χ3v) is 5.81. The molecule has 1 aliphatic rings. The predicted molar refractivity (Wildman–Crippen MR) is 129 cm³/mol. The van der Waals surface area contributed by atoms with E-state index in [0.717, 1.165) is 17.7 Å². The minimum atomic E-state index is -0.305. The van der Waals surface area contributed by atoms with Crippen LogP contribution in [0.3, 0.4) is 0 Å². The minimum absolute atomic E-state index is 0.158. The van der Waals surface area contributed by atoms with Crippen LogP contribution in [-0.2, 0) is 24.3 Å². The molecule has 2 aromatic carbocycles. The zero-order valence-corrected chi connectivity index (χ0v) is 19.6. The number of anilines is 1. The molecule has 0 aliphatic carbocycles. The number of amides is 2. The van der Waals surface area contributed by atoms with Gasteiger partial charge >= 0.3 is 0 Å². The summed E-state index contributed by atoms with van der Waals surface area (Å²) in [6.07, 6.45) is 2.51. The van der Waals surface area contributed by atoms with E-state index in [1.165, 1.54) is 11.8 Å². The van der Waals surface area contributed by atoms with Crippen molar-refractivity contribution in [2.24, 2.45) is 0 Å². The van der Waals surface area contributed by atoms with Gasteiger partial charge in [0.2, 0.25) is 0 Å². The van der Waals surface area contributed by atoms with Crippen molar-refractivity contribution in [3.63, 3.8) is 0 Å². The van der Waals surface area contributed by atoms with Crippen LogP contribution in [0.2, 0.25) is 0 Å². The molecule has 0 saturated carbocycles. The maximum Gasteiger partial charge on any atom is 0.274 e. The summed E-state index contributed by atoms with van der Waals surface area (Å²) in [6, 6.07) is 15.3. The zero-order chi connectivity index (χ0) is 23.9. The summed E-state index contributed by atoms with van der Waals surface area (Å²) >= 11 is 0. The van der Waals surface area contributed by atoms with Crippen molar-refractivity contribution < 1.29 is 19.1 Å². The number of rotatable bonds is 8. The molecule has 178 valence electrons. The van der Waals surface area contributed by atoms with E-state index in [4.69, 9.17) is 9.47 Å². The van der Waals surface area contributed by atoms with Gasteiger partial charge in [-0.15, -0.1) is 0 Å². The molecule has 1 fully saturated rings. The molecule has 2 amide bonds. The first-order valence-corrected chi connectivity index (χ1v) is 11.6. The first-order chi connectivity index (χ1) is 16.6. The summed E-state index contributed by atoms with van der Waals surface area (Å²) in [5, 5.41) is 7.17. The van der Waals surface area contributed by atoms with Crippen LogP contribution >= 0.6 is 0 Å². The quantitative estimate of drug-likeness (QED) is 0.551. The molecule has 2 heterocycles. The van der Waals surface area contributed by atoms with Gasteiger partial charge in [0.1, 0.15) is 18.1 Å². The number of carbonyl (C=O) groups excluding carboxylic acids is 2. The molecule has 0 radical (unpaired) electrons. The first-order valence-electron chi connectivity index (χ1n) is 11.6. The summed E-state index contributed by atoms with van der Waals surface area (Å²) in [7, 11) is 0. The van der Waals surface area contributed by atoms with Crippen molar-refractivity contribution >= 4 is 17.5 Å². The molecule has 34 heavy (non-hydrogen) atoms. The van der Waals surface area contributed by atoms with Crippen molar-refractivity contribution in [1.29, 1.82) is 0 Å². The molecule has 4 rings (SSSR count). The summed E-state index contributed by atoms with van der Waals surface area (Å²) in [6.45, 7) is 6.94. The van der Waals surface area contributed by atoms with Gasteiger partial charge in [-0.1, -0.05) is 31.2 Å². The monoisotopic (exact) mass is 462 g/mol. The fourth-order valence-corrected chi connectivity index (χ4v) is 3.84. The first kappa shape index (κ1) is 23.5. The maximum atomic E-state index is 13.1. The molecule has 0 spiro atoms. The highest BCUT2D eigenvalue weighted by Gasteiger charge is 2.26. The van der Waals surface area contributed by atoms with Crippen LogP contribution in [0.1, 0.15) is 45.8 Å². The van der Waals surface area contributed by atoms with Gasteiger partial charge in [-0.05, 0) is 48.7 Å². The number of ether oxygens (including phenoxy) is 2. The zero-order valence-electron chi connectivity index (χ0n) is 19.6. The number of morpholine rings is 1. The Morgan fingerprint density at radius 1 is 1.06 bits per heavy atom. The van der Waals surface area contributed by atoms with Crippen LogP contribution in [0.5, 0.6) is 5.75 Å². The van der Waals surface area contributed by atoms with Crippen LogP contribution in [0, 0.1) is 0 Å². The van der Waals surface area contributed by atoms with Crippen LogP contribution in [0.4, 0.5) is 5.69 Å². The number of aryl methyl sites for hydroxylation is 2. The standard InChI is InChI=1S/C26H30N4O4/c1-3-19-8-10-22(11-9-19)34-18-20-6-5-7-21(16-20)25(31)28-23-17-27-30(4-2)24(23)26(32)29-12-14-33-15-13-29/h5-11,16-17H,3-4,12-15,18H2,1-2H3,(H,28,31). The highest BCUT2D eigenvalue weighted by atomic mass is 16.5. The third kappa shape index (κ3) is 5.46. The van der Waals surface area contributed by atoms with Crippen molar-refractivity contribution in [2.75, 3.05) is 31.6 Å². The smallest absolute Gasteiger partial charge is 0.274 e. The van der Waals surface area contributed by atoms with E-state index in [-0.39, 0.29) is 11.8 Å². The molecule has 8 nitrogen and oxygen atoms in total. The Morgan fingerprint density at radius 3 is 2.53 bits per heavy atom. The van der Waals surface area contributed by atoms with E-state index in [1.807, 2.05) is 43.3 Å². The molecular formula is C26H30N4O4. The van der Waals surface area contributed by atoms with E-state index >= 15 is 0 Å². The average molecular weight is 463 g/mol. The SMILES string of the molecule is CCc1ccc(OCc2cccc(C(=O)Nc3cnn(CC)c3C(=O)N3CCOCC3)c2)cc1. The molecule has 8 heteroatoms. The Hall–Kier alpha value is -3.65. The molecule has 3 aromatic rings. The number of hydrogen-bond acceptors (Lipinski definition) is 5. The highest BCUT2D eigenvalue weighted by Crippen LogP contribution is 2.20. The second-order valence-corrected chi connectivity index (χ2v) is 8.07. The predicted octanol–water partition coefficient (Wildman–Crippen LogP) is 3.77. The van der Waals surface area contributed by atoms with Gasteiger partial charge in [-0.25, -0.2) is 0 Å². The van der Waals surface area contributed by atoms with Gasteiger partial charge in [0.15, 0.2) is 0 Å². The lowest BCUT2D eigenvalue weighted by Crippen LogP contribution is -2.41. The van der Waals surface area contributed by atoms with Crippen LogP contribution in [0.15, 0.2) is 54.7 Å². The Kier molecular flexibility index (Phi) is 7.59. The summed E-state index contributed by atoms with van der Waals surface area (Å²) in [4.78, 5) is 27.9. The lowest BCUT2D eigenvalue weighted by atomic mass is 10.1. The Balaban J connectivity index is 1.45. The van der Waals surface area contributed by atoms with E-state index in [2.05, 4.69) is 17.3 Å². The highest BCUT2D eigenvalue weighted by molar-refractivity contribution is 6.08. The second-order valence-electron chi connectivity index (χ2n) is 8.07. The number of carbonyl (C=O) groups is 2. The normalized spacial score (nSPS) is 13.5. The van der Waals surface area contributed by atoms with Crippen LogP contribution < -0.4 is 10.1 Å². The Morgan fingerprint density at radius 2 is 1.82 bits per heavy atom. The van der Waals surface area contributed by atoms with E-state index in [9.17, 15) is 9.59 Å². The molecule has 0 atom stereocenters.